The van der Waals surface area contributed by atoms with E-state index in [9.17, 15) is 8.42 Å². The van der Waals surface area contributed by atoms with E-state index in [1.165, 1.54) is 12.1 Å². The van der Waals surface area contributed by atoms with Gasteiger partial charge in [-0.1, -0.05) is 0 Å². The van der Waals surface area contributed by atoms with Gasteiger partial charge in [0.2, 0.25) is 5.95 Å². The Labute approximate surface area is 147 Å². The molecule has 0 aliphatic heterocycles. The molecule has 0 amide bonds. The van der Waals surface area contributed by atoms with Crippen LogP contribution in [0.3, 0.4) is 0 Å². The van der Waals surface area contributed by atoms with Crippen molar-refractivity contribution in [3.8, 4) is 11.5 Å². The third-order valence-corrected chi connectivity index (χ3v) is 4.35. The number of hydrogen-bond donors (Lipinski definition) is 2. The van der Waals surface area contributed by atoms with Crippen LogP contribution in [0.1, 0.15) is 25.2 Å². The van der Waals surface area contributed by atoms with Crippen LogP contribution >= 0.6 is 0 Å². The fourth-order valence-corrected chi connectivity index (χ4v) is 3.01. The maximum absolute atomic E-state index is 12.5. The predicted molar refractivity (Wildman–Crippen MR) is 94.2 cm³/mol. The van der Waals surface area contributed by atoms with Crippen LogP contribution in [-0.2, 0) is 10.0 Å². The average Bonchev–Trinajstić information content (AvgIpc) is 2.54. The molecule has 2 rings (SSSR count). The molecule has 0 saturated carbocycles. The highest BCUT2D eigenvalue weighted by Gasteiger charge is 2.18. The number of hydrazine groups is 1. The minimum Gasteiger partial charge on any atom is -0.490 e. The van der Waals surface area contributed by atoms with Gasteiger partial charge in [0.05, 0.1) is 18.1 Å². The van der Waals surface area contributed by atoms with Gasteiger partial charge in [0.15, 0.2) is 11.5 Å². The van der Waals surface area contributed by atoms with Gasteiger partial charge in [-0.15, -0.1) is 4.83 Å². The molecule has 0 fully saturated rings. The van der Waals surface area contributed by atoms with Gasteiger partial charge in [-0.25, -0.2) is 18.4 Å². The van der Waals surface area contributed by atoms with E-state index in [0.29, 0.717) is 24.7 Å². The third kappa shape index (κ3) is 5.04. The molecule has 0 spiro atoms. The zero-order valence-corrected chi connectivity index (χ0v) is 15.5. The number of anilines is 1. The van der Waals surface area contributed by atoms with Crippen LogP contribution in [0.2, 0.25) is 0 Å². The van der Waals surface area contributed by atoms with Crippen LogP contribution < -0.4 is 19.7 Å². The van der Waals surface area contributed by atoms with Crippen molar-refractivity contribution in [2.24, 2.45) is 0 Å². The summed E-state index contributed by atoms with van der Waals surface area (Å²) in [5.41, 5.74) is 3.98. The zero-order chi connectivity index (χ0) is 18.4. The maximum atomic E-state index is 12.5. The van der Waals surface area contributed by atoms with Crippen molar-refractivity contribution in [2.45, 2.75) is 32.6 Å². The van der Waals surface area contributed by atoms with Gasteiger partial charge in [-0.05, 0) is 45.9 Å². The second-order valence-electron chi connectivity index (χ2n) is 5.18. The van der Waals surface area contributed by atoms with E-state index < -0.39 is 10.0 Å². The minimum atomic E-state index is -3.83. The van der Waals surface area contributed by atoms with Gasteiger partial charge < -0.3 is 9.47 Å². The van der Waals surface area contributed by atoms with Crippen molar-refractivity contribution in [2.75, 3.05) is 18.6 Å². The van der Waals surface area contributed by atoms with E-state index in [2.05, 4.69) is 20.2 Å². The Balaban J connectivity index is 2.22. The maximum Gasteiger partial charge on any atom is 0.257 e. The van der Waals surface area contributed by atoms with Crippen molar-refractivity contribution in [1.29, 1.82) is 0 Å². The van der Waals surface area contributed by atoms with Crippen molar-refractivity contribution < 1.29 is 17.9 Å². The molecule has 9 heteroatoms. The lowest BCUT2D eigenvalue weighted by molar-refractivity contribution is 0.287. The quantitative estimate of drug-likeness (QED) is 0.690. The number of aromatic nitrogens is 2. The molecule has 0 unspecified atom stereocenters. The van der Waals surface area contributed by atoms with Gasteiger partial charge in [-0.3, -0.25) is 5.43 Å². The van der Waals surface area contributed by atoms with Crippen LogP contribution in [0.5, 0.6) is 11.5 Å². The molecule has 25 heavy (non-hydrogen) atoms. The van der Waals surface area contributed by atoms with Crippen LogP contribution in [-0.4, -0.2) is 31.6 Å². The first kappa shape index (κ1) is 18.9. The molecule has 1 aromatic heterocycles. The Kier molecular flexibility index (Phi) is 6.16. The summed E-state index contributed by atoms with van der Waals surface area (Å²) >= 11 is 0. The van der Waals surface area contributed by atoms with Crippen molar-refractivity contribution in [3.63, 3.8) is 0 Å². The van der Waals surface area contributed by atoms with E-state index in [1.807, 2.05) is 13.8 Å². The van der Waals surface area contributed by atoms with E-state index >= 15 is 0 Å². The summed E-state index contributed by atoms with van der Waals surface area (Å²) in [5, 5.41) is 0. The molecule has 2 aromatic rings. The van der Waals surface area contributed by atoms with Crippen molar-refractivity contribution >= 4 is 16.0 Å². The largest absolute Gasteiger partial charge is 0.490 e. The number of benzene rings is 1. The summed E-state index contributed by atoms with van der Waals surface area (Å²) < 4.78 is 35.8. The molecule has 1 aromatic carbocycles. The molecule has 0 saturated heterocycles. The smallest absolute Gasteiger partial charge is 0.257 e. The SMILES string of the molecule is CCOc1ccc(S(=O)(=O)NNc2nc(C)cc(C)n2)cc1OCC. The standard InChI is InChI=1S/C16H22N4O4S/c1-5-23-14-8-7-13(10-15(14)24-6-2)25(21,22)20-19-16-17-11(3)9-12(4)18-16/h7-10,20H,5-6H2,1-4H3,(H,17,18,19). The molecular formula is C16H22N4O4S. The van der Waals surface area contributed by atoms with Gasteiger partial charge >= 0.3 is 0 Å². The number of nitrogens with one attached hydrogen (secondary N) is 2. The second-order valence-corrected chi connectivity index (χ2v) is 6.86. The van der Waals surface area contributed by atoms with Gasteiger partial charge in [0, 0.05) is 17.5 Å². The Bertz CT molecular complexity index is 820. The fourth-order valence-electron chi connectivity index (χ4n) is 2.15. The van der Waals surface area contributed by atoms with E-state index in [0.717, 1.165) is 11.4 Å². The molecule has 0 bridgehead atoms. The summed E-state index contributed by atoms with van der Waals surface area (Å²) in [5.74, 6) is 1.04. The minimum absolute atomic E-state index is 0.0382. The lowest BCUT2D eigenvalue weighted by atomic mass is 10.3. The first-order valence-electron chi connectivity index (χ1n) is 7.85. The Morgan fingerprint density at radius 2 is 1.56 bits per heavy atom. The first-order valence-corrected chi connectivity index (χ1v) is 9.33. The molecule has 0 atom stereocenters. The summed E-state index contributed by atoms with van der Waals surface area (Å²) in [7, 11) is -3.83. The number of rotatable bonds is 8. The van der Waals surface area contributed by atoms with Gasteiger partial charge in [-0.2, -0.15) is 0 Å². The number of nitrogens with zero attached hydrogens (tertiary/aromatic N) is 2. The molecular weight excluding hydrogens is 344 g/mol. The molecule has 0 aliphatic carbocycles. The summed E-state index contributed by atoms with van der Waals surface area (Å²) in [6.45, 7) is 8.11. The highest BCUT2D eigenvalue weighted by molar-refractivity contribution is 7.89. The zero-order valence-electron chi connectivity index (χ0n) is 14.7. The third-order valence-electron chi connectivity index (χ3n) is 3.10. The predicted octanol–water partition coefficient (Wildman–Crippen LogP) is 2.20. The fraction of sp³-hybridized carbons (Fsp3) is 0.375. The van der Waals surface area contributed by atoms with Crippen molar-refractivity contribution in [3.05, 3.63) is 35.7 Å². The monoisotopic (exact) mass is 366 g/mol. The number of ether oxygens (including phenoxy) is 2. The Morgan fingerprint density at radius 1 is 0.960 bits per heavy atom. The second kappa shape index (κ2) is 8.13. The number of hydrogen-bond acceptors (Lipinski definition) is 7. The van der Waals surface area contributed by atoms with Crippen molar-refractivity contribution in [1.82, 2.24) is 14.8 Å². The first-order chi connectivity index (χ1) is 11.9. The van der Waals surface area contributed by atoms with Crippen LogP contribution in [0.15, 0.2) is 29.2 Å². The molecule has 2 N–H and O–H groups in total. The van der Waals surface area contributed by atoms with Crippen LogP contribution in [0.4, 0.5) is 5.95 Å². The van der Waals surface area contributed by atoms with Gasteiger partial charge in [0.25, 0.3) is 10.0 Å². The summed E-state index contributed by atoms with van der Waals surface area (Å²) in [6.07, 6.45) is 0. The van der Waals surface area contributed by atoms with Crippen LogP contribution in [0.25, 0.3) is 0 Å². The average molecular weight is 366 g/mol. The lowest BCUT2D eigenvalue weighted by Gasteiger charge is -2.13. The van der Waals surface area contributed by atoms with Crippen LogP contribution in [0, 0.1) is 13.8 Å². The Hall–Kier alpha value is -2.39. The van der Waals surface area contributed by atoms with Gasteiger partial charge in [0.1, 0.15) is 0 Å². The highest BCUT2D eigenvalue weighted by atomic mass is 32.2. The summed E-state index contributed by atoms with van der Waals surface area (Å²) in [6, 6.07) is 6.22. The molecule has 8 nitrogen and oxygen atoms in total. The molecule has 0 aliphatic rings. The summed E-state index contributed by atoms with van der Waals surface area (Å²) in [4.78, 5) is 10.6. The van der Waals surface area contributed by atoms with E-state index in [4.69, 9.17) is 9.47 Å². The van der Waals surface area contributed by atoms with E-state index in [1.54, 1.807) is 26.0 Å². The number of sulfonamides is 1. The topological polar surface area (TPSA) is 102 Å². The molecule has 0 radical (unpaired) electrons. The molecule has 1 heterocycles. The normalized spacial score (nSPS) is 11.2. The Morgan fingerprint density at radius 3 is 2.16 bits per heavy atom. The highest BCUT2D eigenvalue weighted by Crippen LogP contribution is 2.30. The number of aryl methyl sites for hydroxylation is 2. The van der Waals surface area contributed by atoms with E-state index in [-0.39, 0.29) is 10.8 Å². The molecule has 136 valence electrons. The lowest BCUT2D eigenvalue weighted by Crippen LogP contribution is -2.30.